The molecule has 2 aromatic rings. The van der Waals surface area contributed by atoms with Crippen molar-refractivity contribution in [2.24, 2.45) is 0 Å². The number of likely N-dealkylation sites (tertiary alicyclic amines) is 1. The summed E-state index contributed by atoms with van der Waals surface area (Å²) in [6.45, 7) is 3.94. The van der Waals surface area contributed by atoms with Crippen molar-refractivity contribution in [1.29, 1.82) is 0 Å². The Morgan fingerprint density at radius 3 is 2.62 bits per heavy atom. The molecule has 2 fully saturated rings. The predicted molar refractivity (Wildman–Crippen MR) is 92.4 cm³/mol. The van der Waals surface area contributed by atoms with E-state index < -0.39 is 5.60 Å². The second kappa shape index (κ2) is 6.48. The quantitative estimate of drug-likeness (QED) is 0.846. The monoisotopic (exact) mass is 355 g/mol. The third-order valence-electron chi connectivity index (χ3n) is 5.07. The minimum Gasteiger partial charge on any atom is -0.441 e. The summed E-state index contributed by atoms with van der Waals surface area (Å²) in [4.78, 5) is 28.3. The molecule has 0 aliphatic carbocycles. The van der Waals surface area contributed by atoms with Gasteiger partial charge in [-0.05, 0) is 12.5 Å². The molecule has 0 bridgehead atoms. The highest BCUT2D eigenvalue weighted by atomic mass is 16.6. The lowest BCUT2D eigenvalue weighted by Gasteiger charge is -2.37. The Kier molecular flexibility index (Phi) is 4.14. The number of amides is 2. The number of carbonyl (C=O) groups excluding carboxylic acids is 2. The Bertz CT molecular complexity index is 809. The van der Waals surface area contributed by atoms with Gasteiger partial charge in [-0.3, -0.25) is 9.69 Å². The first-order chi connectivity index (χ1) is 12.5. The molecule has 2 saturated heterocycles. The molecular weight excluding hydrogens is 334 g/mol. The highest BCUT2D eigenvalue weighted by Gasteiger charge is 2.47. The molecule has 1 aromatic carbocycles. The van der Waals surface area contributed by atoms with Crippen molar-refractivity contribution in [3.8, 4) is 0 Å². The molecule has 0 unspecified atom stereocenters. The fraction of sp³-hybridized carbons (Fsp3) is 0.421. The van der Waals surface area contributed by atoms with Gasteiger partial charge >= 0.3 is 6.09 Å². The highest BCUT2D eigenvalue weighted by Crippen LogP contribution is 2.34. The summed E-state index contributed by atoms with van der Waals surface area (Å²) in [6, 6.07) is 11.5. The Morgan fingerprint density at radius 2 is 1.96 bits per heavy atom. The average Bonchev–Trinajstić information content (AvgIpc) is 3.20. The van der Waals surface area contributed by atoms with Gasteiger partial charge in [-0.1, -0.05) is 35.5 Å². The summed E-state index contributed by atoms with van der Waals surface area (Å²) < 4.78 is 10.7. The summed E-state index contributed by atoms with van der Waals surface area (Å²) >= 11 is 0. The van der Waals surface area contributed by atoms with Crippen LogP contribution in [0.25, 0.3) is 0 Å². The molecule has 0 radical (unpaired) electrons. The Hall–Kier alpha value is -2.83. The number of rotatable bonds is 3. The van der Waals surface area contributed by atoms with E-state index in [0.717, 1.165) is 5.56 Å². The molecule has 0 N–H and O–H groups in total. The van der Waals surface area contributed by atoms with Crippen LogP contribution in [-0.2, 0) is 11.3 Å². The van der Waals surface area contributed by atoms with Gasteiger partial charge in [0.1, 0.15) is 11.4 Å². The number of aromatic nitrogens is 1. The lowest BCUT2D eigenvalue weighted by Crippen LogP contribution is -2.48. The molecule has 0 saturated carbocycles. The highest BCUT2D eigenvalue weighted by molar-refractivity contribution is 5.92. The largest absolute Gasteiger partial charge is 0.441 e. The number of hydrogen-bond acceptors (Lipinski definition) is 5. The van der Waals surface area contributed by atoms with E-state index in [1.54, 1.807) is 22.8 Å². The third-order valence-corrected chi connectivity index (χ3v) is 5.07. The Balaban J connectivity index is 1.38. The first kappa shape index (κ1) is 16.6. The molecule has 2 amide bonds. The molecule has 136 valence electrons. The number of nitrogens with zero attached hydrogens (tertiary/aromatic N) is 3. The van der Waals surface area contributed by atoms with Gasteiger partial charge in [-0.2, -0.15) is 0 Å². The molecule has 1 spiro atoms. The number of ether oxygens (including phenoxy) is 1. The SMILES string of the molecule is Cc1cc(C(=O)N2CCC3(CC2)CN(Cc2ccccc2)C(=O)O3)no1. The molecule has 1 aromatic heterocycles. The third kappa shape index (κ3) is 3.16. The molecule has 7 heteroatoms. The topological polar surface area (TPSA) is 75.9 Å². The zero-order valence-electron chi connectivity index (χ0n) is 14.7. The van der Waals surface area contributed by atoms with Crippen molar-refractivity contribution >= 4 is 12.0 Å². The van der Waals surface area contributed by atoms with E-state index in [1.807, 2.05) is 30.3 Å². The van der Waals surface area contributed by atoms with Crippen molar-refractivity contribution in [2.45, 2.75) is 31.9 Å². The maximum Gasteiger partial charge on any atom is 0.410 e. The van der Waals surface area contributed by atoms with Crippen LogP contribution in [-0.4, -0.2) is 52.2 Å². The maximum atomic E-state index is 12.5. The molecule has 2 aliphatic rings. The zero-order chi connectivity index (χ0) is 18.1. The lowest BCUT2D eigenvalue weighted by atomic mass is 9.91. The van der Waals surface area contributed by atoms with E-state index >= 15 is 0 Å². The van der Waals surface area contributed by atoms with Gasteiger partial charge in [0.05, 0.1) is 6.54 Å². The molecular formula is C19H21N3O4. The van der Waals surface area contributed by atoms with E-state index in [2.05, 4.69) is 5.16 Å². The standard InChI is InChI=1S/C19H21N3O4/c1-14-11-16(20-26-14)17(23)21-9-7-19(8-10-21)13-22(18(24)25-19)12-15-5-3-2-4-6-15/h2-6,11H,7-10,12-13H2,1H3. The van der Waals surface area contributed by atoms with Crippen molar-refractivity contribution in [1.82, 2.24) is 15.0 Å². The van der Waals surface area contributed by atoms with Crippen LogP contribution < -0.4 is 0 Å². The minimum atomic E-state index is -0.498. The van der Waals surface area contributed by atoms with E-state index in [1.165, 1.54) is 0 Å². The fourth-order valence-electron chi connectivity index (χ4n) is 3.63. The van der Waals surface area contributed by atoms with Crippen molar-refractivity contribution in [3.63, 3.8) is 0 Å². The molecule has 0 atom stereocenters. The normalized spacial score (nSPS) is 19.0. The van der Waals surface area contributed by atoms with E-state index in [0.29, 0.717) is 50.5 Å². The molecule has 2 aliphatic heterocycles. The van der Waals surface area contributed by atoms with Gasteiger partial charge in [0.2, 0.25) is 0 Å². The van der Waals surface area contributed by atoms with Crippen LogP contribution in [0.3, 0.4) is 0 Å². The fourth-order valence-corrected chi connectivity index (χ4v) is 3.63. The van der Waals surface area contributed by atoms with Crippen LogP contribution in [0.5, 0.6) is 0 Å². The van der Waals surface area contributed by atoms with Crippen LogP contribution in [0.2, 0.25) is 0 Å². The lowest BCUT2D eigenvalue weighted by molar-refractivity contribution is 0.00286. The predicted octanol–water partition coefficient (Wildman–Crippen LogP) is 2.61. The maximum absolute atomic E-state index is 12.5. The molecule has 26 heavy (non-hydrogen) atoms. The number of piperidine rings is 1. The van der Waals surface area contributed by atoms with E-state index in [9.17, 15) is 9.59 Å². The van der Waals surface area contributed by atoms with Crippen LogP contribution in [0, 0.1) is 6.92 Å². The van der Waals surface area contributed by atoms with Crippen LogP contribution in [0.15, 0.2) is 40.9 Å². The zero-order valence-corrected chi connectivity index (χ0v) is 14.7. The van der Waals surface area contributed by atoms with Gasteiger partial charge in [0, 0.05) is 38.5 Å². The van der Waals surface area contributed by atoms with E-state index in [4.69, 9.17) is 9.26 Å². The molecule has 3 heterocycles. The number of benzene rings is 1. The van der Waals surface area contributed by atoms with Gasteiger partial charge in [-0.25, -0.2) is 4.79 Å². The molecule has 4 rings (SSSR count). The smallest absolute Gasteiger partial charge is 0.410 e. The summed E-state index contributed by atoms with van der Waals surface area (Å²) in [7, 11) is 0. The van der Waals surface area contributed by atoms with Crippen molar-refractivity contribution in [3.05, 3.63) is 53.4 Å². The molecule has 7 nitrogen and oxygen atoms in total. The Morgan fingerprint density at radius 1 is 1.23 bits per heavy atom. The first-order valence-electron chi connectivity index (χ1n) is 8.79. The van der Waals surface area contributed by atoms with Crippen LogP contribution in [0.1, 0.15) is 34.7 Å². The van der Waals surface area contributed by atoms with E-state index in [-0.39, 0.29) is 12.0 Å². The first-order valence-corrected chi connectivity index (χ1v) is 8.79. The van der Waals surface area contributed by atoms with Gasteiger partial charge in [-0.15, -0.1) is 0 Å². The number of aryl methyl sites for hydroxylation is 1. The Labute approximate surface area is 151 Å². The average molecular weight is 355 g/mol. The summed E-state index contributed by atoms with van der Waals surface area (Å²) in [5, 5.41) is 3.79. The number of hydrogen-bond donors (Lipinski definition) is 0. The van der Waals surface area contributed by atoms with Gasteiger partial charge in [0.15, 0.2) is 5.69 Å². The van der Waals surface area contributed by atoms with Crippen LogP contribution in [0.4, 0.5) is 4.79 Å². The van der Waals surface area contributed by atoms with Crippen molar-refractivity contribution < 1.29 is 18.8 Å². The van der Waals surface area contributed by atoms with Crippen molar-refractivity contribution in [2.75, 3.05) is 19.6 Å². The summed E-state index contributed by atoms with van der Waals surface area (Å²) in [5.41, 5.74) is 0.908. The summed E-state index contributed by atoms with van der Waals surface area (Å²) in [6.07, 6.45) is 0.986. The number of carbonyl (C=O) groups is 2. The second-order valence-electron chi connectivity index (χ2n) is 7.01. The minimum absolute atomic E-state index is 0.137. The van der Waals surface area contributed by atoms with Gasteiger partial charge < -0.3 is 14.2 Å². The van der Waals surface area contributed by atoms with Gasteiger partial charge in [0.25, 0.3) is 5.91 Å². The summed E-state index contributed by atoms with van der Waals surface area (Å²) in [5.74, 6) is 0.477. The van der Waals surface area contributed by atoms with Crippen LogP contribution >= 0.6 is 0 Å². The second-order valence-corrected chi connectivity index (χ2v) is 7.01.